The molecule has 0 bridgehead atoms. The molecule has 0 radical (unpaired) electrons. The van der Waals surface area contributed by atoms with Gasteiger partial charge in [0.25, 0.3) is 0 Å². The zero-order chi connectivity index (χ0) is 12.2. The largest absolute Gasteiger partial charge is 0.315 e. The molecule has 0 amide bonds. The van der Waals surface area contributed by atoms with Crippen LogP contribution in [0.5, 0.6) is 0 Å². The maximum Gasteiger partial charge on any atom is 0.123 e. The molecule has 1 nitrogen and oxygen atoms in total. The molecular formula is C14H22FN. The maximum absolute atomic E-state index is 12.8. The molecule has 1 aromatic rings. The van der Waals surface area contributed by atoms with Crippen molar-refractivity contribution >= 4 is 0 Å². The van der Waals surface area contributed by atoms with E-state index in [9.17, 15) is 4.39 Å². The third kappa shape index (κ3) is 3.93. The average molecular weight is 223 g/mol. The Balaban J connectivity index is 2.59. The first kappa shape index (κ1) is 13.2. The van der Waals surface area contributed by atoms with E-state index in [0.29, 0.717) is 6.04 Å². The van der Waals surface area contributed by atoms with Gasteiger partial charge in [0, 0.05) is 6.04 Å². The summed E-state index contributed by atoms with van der Waals surface area (Å²) >= 11 is 0. The molecule has 0 heterocycles. The minimum absolute atomic E-state index is 0.0928. The summed E-state index contributed by atoms with van der Waals surface area (Å²) in [5.74, 6) is -0.167. The van der Waals surface area contributed by atoms with Crippen molar-refractivity contribution in [3.8, 4) is 0 Å². The Hall–Kier alpha value is -0.890. The lowest BCUT2D eigenvalue weighted by Gasteiger charge is -2.26. The SMILES string of the molecule is CC(C)NCCC(C)(C)c1ccc(F)cc1. The first-order chi connectivity index (χ1) is 7.42. The van der Waals surface area contributed by atoms with Gasteiger partial charge in [0.15, 0.2) is 0 Å². The molecule has 0 fully saturated rings. The summed E-state index contributed by atoms with van der Waals surface area (Å²) in [5, 5.41) is 3.41. The van der Waals surface area contributed by atoms with Gasteiger partial charge in [-0.3, -0.25) is 0 Å². The molecule has 90 valence electrons. The van der Waals surface area contributed by atoms with E-state index in [4.69, 9.17) is 0 Å². The Labute approximate surface area is 98.1 Å². The van der Waals surface area contributed by atoms with Crippen molar-refractivity contribution in [3.05, 3.63) is 35.6 Å². The molecule has 0 aliphatic carbocycles. The molecule has 1 rings (SSSR count). The number of hydrogen-bond acceptors (Lipinski definition) is 1. The van der Waals surface area contributed by atoms with Crippen LogP contribution in [0.3, 0.4) is 0 Å². The highest BCUT2D eigenvalue weighted by atomic mass is 19.1. The van der Waals surface area contributed by atoms with E-state index >= 15 is 0 Å². The Morgan fingerprint density at radius 1 is 1.19 bits per heavy atom. The van der Waals surface area contributed by atoms with Crippen molar-refractivity contribution in [2.75, 3.05) is 6.54 Å². The predicted octanol–water partition coefficient (Wildman–Crippen LogP) is 3.49. The Morgan fingerprint density at radius 3 is 2.25 bits per heavy atom. The minimum atomic E-state index is -0.167. The molecule has 16 heavy (non-hydrogen) atoms. The Kier molecular flexibility index (Phi) is 4.48. The molecule has 0 atom stereocenters. The summed E-state index contributed by atoms with van der Waals surface area (Å²) in [6, 6.07) is 7.35. The zero-order valence-corrected chi connectivity index (χ0v) is 10.7. The first-order valence-electron chi connectivity index (χ1n) is 5.91. The number of nitrogens with one attached hydrogen (secondary N) is 1. The third-order valence-electron chi connectivity index (χ3n) is 2.93. The van der Waals surface area contributed by atoms with Gasteiger partial charge < -0.3 is 5.32 Å². The lowest BCUT2D eigenvalue weighted by atomic mass is 9.81. The molecule has 1 N–H and O–H groups in total. The number of hydrogen-bond donors (Lipinski definition) is 1. The van der Waals surface area contributed by atoms with E-state index < -0.39 is 0 Å². The van der Waals surface area contributed by atoms with Crippen LogP contribution in [0.1, 0.15) is 39.7 Å². The fraction of sp³-hybridized carbons (Fsp3) is 0.571. The van der Waals surface area contributed by atoms with Crippen molar-refractivity contribution in [2.24, 2.45) is 0 Å². The second kappa shape index (κ2) is 5.44. The maximum atomic E-state index is 12.8. The van der Waals surface area contributed by atoms with Gasteiger partial charge in [-0.1, -0.05) is 39.8 Å². The summed E-state index contributed by atoms with van der Waals surface area (Å²) in [6.45, 7) is 9.67. The number of benzene rings is 1. The molecule has 0 aliphatic rings. The Bertz CT molecular complexity index is 314. The van der Waals surface area contributed by atoms with E-state index in [1.807, 2.05) is 12.1 Å². The molecular weight excluding hydrogens is 201 g/mol. The minimum Gasteiger partial charge on any atom is -0.315 e. The average Bonchev–Trinajstić information content (AvgIpc) is 2.17. The van der Waals surface area contributed by atoms with Gasteiger partial charge in [-0.05, 0) is 36.1 Å². The highest BCUT2D eigenvalue weighted by Crippen LogP contribution is 2.26. The second-order valence-corrected chi connectivity index (χ2v) is 5.25. The first-order valence-corrected chi connectivity index (χ1v) is 5.91. The fourth-order valence-corrected chi connectivity index (χ4v) is 1.72. The topological polar surface area (TPSA) is 12.0 Å². The van der Waals surface area contributed by atoms with Gasteiger partial charge >= 0.3 is 0 Å². The molecule has 0 aromatic heterocycles. The van der Waals surface area contributed by atoms with Crippen LogP contribution in [-0.4, -0.2) is 12.6 Å². The fourth-order valence-electron chi connectivity index (χ4n) is 1.72. The van der Waals surface area contributed by atoms with Crippen LogP contribution < -0.4 is 5.32 Å². The number of halogens is 1. The van der Waals surface area contributed by atoms with Crippen molar-refractivity contribution in [1.29, 1.82) is 0 Å². The van der Waals surface area contributed by atoms with Crippen molar-refractivity contribution in [3.63, 3.8) is 0 Å². The Morgan fingerprint density at radius 2 is 1.75 bits per heavy atom. The second-order valence-electron chi connectivity index (χ2n) is 5.25. The summed E-state index contributed by atoms with van der Waals surface area (Å²) < 4.78 is 12.8. The summed E-state index contributed by atoms with van der Waals surface area (Å²) in [4.78, 5) is 0. The molecule has 1 aromatic carbocycles. The molecule has 0 spiro atoms. The normalized spacial score (nSPS) is 12.1. The van der Waals surface area contributed by atoms with E-state index in [-0.39, 0.29) is 11.2 Å². The van der Waals surface area contributed by atoms with Crippen molar-refractivity contribution in [1.82, 2.24) is 5.32 Å². The standard InChI is InChI=1S/C14H22FN/c1-11(2)16-10-9-14(3,4)12-5-7-13(15)8-6-12/h5-8,11,16H,9-10H2,1-4H3. The van der Waals surface area contributed by atoms with E-state index in [2.05, 4.69) is 33.0 Å². The van der Waals surface area contributed by atoms with Gasteiger partial charge in [0.05, 0.1) is 0 Å². The van der Waals surface area contributed by atoms with Gasteiger partial charge in [-0.2, -0.15) is 0 Å². The highest BCUT2D eigenvalue weighted by Gasteiger charge is 2.19. The van der Waals surface area contributed by atoms with Crippen LogP contribution in [0.25, 0.3) is 0 Å². The summed E-state index contributed by atoms with van der Waals surface area (Å²) in [6.07, 6.45) is 1.05. The predicted molar refractivity (Wildman–Crippen MR) is 67.2 cm³/mol. The van der Waals surface area contributed by atoms with Crippen LogP contribution in [0.4, 0.5) is 4.39 Å². The molecule has 2 heteroatoms. The van der Waals surface area contributed by atoms with Crippen LogP contribution in [-0.2, 0) is 5.41 Å². The van der Waals surface area contributed by atoms with Crippen LogP contribution in [0.15, 0.2) is 24.3 Å². The summed E-state index contributed by atoms with van der Waals surface area (Å²) in [7, 11) is 0. The van der Waals surface area contributed by atoms with Crippen LogP contribution in [0, 0.1) is 5.82 Å². The highest BCUT2D eigenvalue weighted by molar-refractivity contribution is 5.24. The van der Waals surface area contributed by atoms with Crippen LogP contribution >= 0.6 is 0 Å². The van der Waals surface area contributed by atoms with E-state index in [1.54, 1.807) is 0 Å². The molecule has 0 aliphatic heterocycles. The number of rotatable bonds is 5. The monoisotopic (exact) mass is 223 g/mol. The van der Waals surface area contributed by atoms with Gasteiger partial charge in [-0.25, -0.2) is 4.39 Å². The van der Waals surface area contributed by atoms with Gasteiger partial charge in [-0.15, -0.1) is 0 Å². The lowest BCUT2D eigenvalue weighted by molar-refractivity contribution is 0.441. The van der Waals surface area contributed by atoms with Crippen molar-refractivity contribution in [2.45, 2.75) is 45.6 Å². The van der Waals surface area contributed by atoms with E-state index in [1.165, 1.54) is 17.7 Å². The van der Waals surface area contributed by atoms with Crippen LogP contribution in [0.2, 0.25) is 0 Å². The summed E-state index contributed by atoms with van der Waals surface area (Å²) in [5.41, 5.74) is 1.29. The van der Waals surface area contributed by atoms with Crippen molar-refractivity contribution < 1.29 is 4.39 Å². The third-order valence-corrected chi connectivity index (χ3v) is 2.93. The zero-order valence-electron chi connectivity index (χ0n) is 10.7. The smallest absolute Gasteiger partial charge is 0.123 e. The van der Waals surface area contributed by atoms with Gasteiger partial charge in [0.1, 0.15) is 5.82 Å². The molecule has 0 saturated heterocycles. The van der Waals surface area contributed by atoms with Gasteiger partial charge in [0.2, 0.25) is 0 Å². The van der Waals surface area contributed by atoms with E-state index in [0.717, 1.165) is 13.0 Å². The molecule has 0 saturated carbocycles. The quantitative estimate of drug-likeness (QED) is 0.805. The molecule has 0 unspecified atom stereocenters. The lowest BCUT2D eigenvalue weighted by Crippen LogP contribution is -2.29.